The van der Waals surface area contributed by atoms with E-state index in [1.165, 1.54) is 0 Å². The smallest absolute Gasteiger partial charge is 0.243 e. The van der Waals surface area contributed by atoms with Gasteiger partial charge in [-0.25, -0.2) is 0 Å². The second kappa shape index (κ2) is 4.77. The van der Waals surface area contributed by atoms with Crippen LogP contribution in [0.1, 0.15) is 18.5 Å². The number of carbonyl (C=O) groups excluding carboxylic acids is 1. The Morgan fingerprint density at radius 3 is 2.50 bits per heavy atom. The van der Waals surface area contributed by atoms with E-state index in [1.54, 1.807) is 11.9 Å². The number of hydrogen-bond acceptors (Lipinski definition) is 2. The van der Waals surface area contributed by atoms with Crippen LogP contribution in [0, 0.1) is 0 Å². The molecule has 0 fully saturated rings. The monoisotopic (exact) mass is 192 g/mol. The van der Waals surface area contributed by atoms with Crippen molar-refractivity contribution in [2.24, 2.45) is 5.73 Å². The highest BCUT2D eigenvalue weighted by molar-refractivity contribution is 5.82. The molecule has 0 aliphatic carbocycles. The SMILES string of the molecule is CCN(C)C(=O)[C@@H](N)c1ccccc1. The van der Waals surface area contributed by atoms with Crippen LogP contribution >= 0.6 is 0 Å². The van der Waals surface area contributed by atoms with Gasteiger partial charge in [-0.3, -0.25) is 4.79 Å². The Morgan fingerprint density at radius 2 is 2.00 bits per heavy atom. The first-order valence-electron chi connectivity index (χ1n) is 4.72. The summed E-state index contributed by atoms with van der Waals surface area (Å²) in [6.07, 6.45) is 0. The first-order chi connectivity index (χ1) is 6.66. The molecule has 0 spiro atoms. The maximum atomic E-state index is 11.7. The molecule has 0 unspecified atom stereocenters. The maximum absolute atomic E-state index is 11.7. The maximum Gasteiger partial charge on any atom is 0.243 e. The fourth-order valence-corrected chi connectivity index (χ4v) is 1.20. The van der Waals surface area contributed by atoms with Crippen LogP contribution in [0.25, 0.3) is 0 Å². The molecule has 3 heteroatoms. The van der Waals surface area contributed by atoms with Crippen LogP contribution in [0.5, 0.6) is 0 Å². The van der Waals surface area contributed by atoms with Crippen molar-refractivity contribution in [1.82, 2.24) is 4.90 Å². The molecule has 0 aromatic heterocycles. The first kappa shape index (κ1) is 10.7. The van der Waals surface area contributed by atoms with Gasteiger partial charge in [0.15, 0.2) is 0 Å². The Morgan fingerprint density at radius 1 is 1.43 bits per heavy atom. The molecular formula is C11H16N2O. The van der Waals surface area contributed by atoms with Crippen LogP contribution < -0.4 is 5.73 Å². The molecule has 14 heavy (non-hydrogen) atoms. The van der Waals surface area contributed by atoms with Crippen molar-refractivity contribution in [1.29, 1.82) is 0 Å². The van der Waals surface area contributed by atoms with Crippen LogP contribution in [-0.4, -0.2) is 24.4 Å². The van der Waals surface area contributed by atoms with Crippen LogP contribution in [0.3, 0.4) is 0 Å². The molecule has 76 valence electrons. The quantitative estimate of drug-likeness (QED) is 0.781. The van der Waals surface area contributed by atoms with E-state index < -0.39 is 6.04 Å². The second-order valence-corrected chi connectivity index (χ2v) is 3.24. The Labute approximate surface area is 84.5 Å². The van der Waals surface area contributed by atoms with Crippen molar-refractivity contribution >= 4 is 5.91 Å². The number of likely N-dealkylation sites (N-methyl/N-ethyl adjacent to an activating group) is 1. The largest absolute Gasteiger partial charge is 0.344 e. The van der Waals surface area contributed by atoms with E-state index in [0.717, 1.165) is 5.56 Å². The lowest BCUT2D eigenvalue weighted by atomic mass is 10.1. The van der Waals surface area contributed by atoms with Crippen LogP contribution in [-0.2, 0) is 4.79 Å². The molecule has 0 saturated carbocycles. The predicted molar refractivity (Wildman–Crippen MR) is 56.7 cm³/mol. The summed E-state index contributed by atoms with van der Waals surface area (Å²) in [4.78, 5) is 13.3. The van der Waals surface area contributed by atoms with Gasteiger partial charge in [0.2, 0.25) is 5.91 Å². The fraction of sp³-hybridized carbons (Fsp3) is 0.364. The van der Waals surface area contributed by atoms with Gasteiger partial charge in [0.1, 0.15) is 6.04 Å². The van der Waals surface area contributed by atoms with E-state index in [1.807, 2.05) is 37.3 Å². The average molecular weight is 192 g/mol. The van der Waals surface area contributed by atoms with E-state index in [-0.39, 0.29) is 5.91 Å². The summed E-state index contributed by atoms with van der Waals surface area (Å²) in [5.41, 5.74) is 6.68. The zero-order valence-electron chi connectivity index (χ0n) is 8.60. The number of rotatable bonds is 3. The van der Waals surface area contributed by atoms with E-state index in [2.05, 4.69) is 0 Å². The molecule has 0 heterocycles. The highest BCUT2D eigenvalue weighted by Gasteiger charge is 2.17. The number of amides is 1. The second-order valence-electron chi connectivity index (χ2n) is 3.24. The third kappa shape index (κ3) is 2.33. The van der Waals surface area contributed by atoms with Crippen molar-refractivity contribution in [3.05, 3.63) is 35.9 Å². The highest BCUT2D eigenvalue weighted by Crippen LogP contribution is 2.11. The normalized spacial score (nSPS) is 12.2. The first-order valence-corrected chi connectivity index (χ1v) is 4.72. The van der Waals surface area contributed by atoms with Gasteiger partial charge in [-0.1, -0.05) is 30.3 Å². The minimum Gasteiger partial charge on any atom is -0.344 e. The molecule has 1 atom stereocenters. The molecule has 0 aliphatic rings. The lowest BCUT2D eigenvalue weighted by Gasteiger charge is -2.19. The number of hydrogen-bond donors (Lipinski definition) is 1. The van der Waals surface area contributed by atoms with Gasteiger partial charge in [0.25, 0.3) is 0 Å². The highest BCUT2D eigenvalue weighted by atomic mass is 16.2. The summed E-state index contributed by atoms with van der Waals surface area (Å²) in [6, 6.07) is 8.87. The van der Waals surface area contributed by atoms with Crippen molar-refractivity contribution in [2.75, 3.05) is 13.6 Å². The van der Waals surface area contributed by atoms with Crippen molar-refractivity contribution < 1.29 is 4.79 Å². The van der Waals surface area contributed by atoms with Gasteiger partial charge < -0.3 is 10.6 Å². The Hall–Kier alpha value is -1.35. The third-order valence-corrected chi connectivity index (χ3v) is 2.28. The Balaban J connectivity index is 2.76. The lowest BCUT2D eigenvalue weighted by Crippen LogP contribution is -2.35. The van der Waals surface area contributed by atoms with Gasteiger partial charge in [0, 0.05) is 13.6 Å². The molecule has 2 N–H and O–H groups in total. The zero-order valence-corrected chi connectivity index (χ0v) is 8.60. The van der Waals surface area contributed by atoms with Crippen molar-refractivity contribution in [2.45, 2.75) is 13.0 Å². The van der Waals surface area contributed by atoms with E-state index >= 15 is 0 Å². The molecular weight excluding hydrogens is 176 g/mol. The standard InChI is InChI=1S/C11H16N2O/c1-3-13(2)11(14)10(12)9-7-5-4-6-8-9/h4-8,10H,3,12H2,1-2H3/t10-/m0/s1. The molecule has 3 nitrogen and oxygen atoms in total. The van der Waals surface area contributed by atoms with Crippen molar-refractivity contribution in [3.8, 4) is 0 Å². The molecule has 1 rings (SSSR count). The average Bonchev–Trinajstić information content (AvgIpc) is 2.27. The number of nitrogens with two attached hydrogens (primary N) is 1. The summed E-state index contributed by atoms with van der Waals surface area (Å²) < 4.78 is 0. The number of benzene rings is 1. The number of carbonyl (C=O) groups is 1. The van der Waals surface area contributed by atoms with Gasteiger partial charge >= 0.3 is 0 Å². The molecule has 0 bridgehead atoms. The van der Waals surface area contributed by atoms with Crippen LogP contribution in [0.2, 0.25) is 0 Å². The zero-order chi connectivity index (χ0) is 10.6. The molecule has 0 aliphatic heterocycles. The lowest BCUT2D eigenvalue weighted by molar-refractivity contribution is -0.131. The Bertz CT molecular complexity index is 297. The Kier molecular flexibility index (Phi) is 3.65. The van der Waals surface area contributed by atoms with E-state index in [9.17, 15) is 4.79 Å². The molecule has 1 aromatic carbocycles. The summed E-state index contributed by atoms with van der Waals surface area (Å²) in [5.74, 6) is -0.0429. The third-order valence-electron chi connectivity index (χ3n) is 2.28. The minimum atomic E-state index is -0.541. The van der Waals surface area contributed by atoms with Gasteiger partial charge in [0.05, 0.1) is 0 Å². The summed E-state index contributed by atoms with van der Waals surface area (Å²) in [5, 5.41) is 0. The van der Waals surface area contributed by atoms with Crippen LogP contribution in [0.15, 0.2) is 30.3 Å². The number of nitrogens with zero attached hydrogens (tertiary/aromatic N) is 1. The molecule has 0 saturated heterocycles. The summed E-state index contributed by atoms with van der Waals surface area (Å²) in [7, 11) is 1.76. The fourth-order valence-electron chi connectivity index (χ4n) is 1.20. The summed E-state index contributed by atoms with van der Waals surface area (Å²) in [6.45, 7) is 2.61. The van der Waals surface area contributed by atoms with Gasteiger partial charge in [-0.05, 0) is 12.5 Å². The van der Waals surface area contributed by atoms with Gasteiger partial charge in [-0.15, -0.1) is 0 Å². The van der Waals surface area contributed by atoms with Crippen molar-refractivity contribution in [3.63, 3.8) is 0 Å². The molecule has 1 amide bonds. The van der Waals surface area contributed by atoms with E-state index in [0.29, 0.717) is 6.54 Å². The minimum absolute atomic E-state index is 0.0429. The topological polar surface area (TPSA) is 46.3 Å². The van der Waals surface area contributed by atoms with Gasteiger partial charge in [-0.2, -0.15) is 0 Å². The predicted octanol–water partition coefficient (Wildman–Crippen LogP) is 1.16. The summed E-state index contributed by atoms with van der Waals surface area (Å²) >= 11 is 0. The molecule has 1 aromatic rings. The molecule has 0 radical (unpaired) electrons. The van der Waals surface area contributed by atoms with Crippen LogP contribution in [0.4, 0.5) is 0 Å². The van der Waals surface area contributed by atoms with E-state index in [4.69, 9.17) is 5.73 Å².